The molecule has 118 valence electrons. The SMILES string of the molecule is CSc1ccccc1NC(=O)C1CC(=O)Nc2cc(F)ccc21. The van der Waals surface area contributed by atoms with E-state index in [2.05, 4.69) is 10.6 Å². The van der Waals surface area contributed by atoms with Crippen molar-refractivity contribution in [2.24, 2.45) is 0 Å². The summed E-state index contributed by atoms with van der Waals surface area (Å²) in [6.45, 7) is 0. The van der Waals surface area contributed by atoms with Crippen LogP contribution in [-0.2, 0) is 9.59 Å². The van der Waals surface area contributed by atoms with Gasteiger partial charge in [-0.3, -0.25) is 9.59 Å². The number of nitrogens with one attached hydrogen (secondary N) is 2. The Morgan fingerprint density at radius 3 is 2.87 bits per heavy atom. The van der Waals surface area contributed by atoms with Gasteiger partial charge >= 0.3 is 0 Å². The van der Waals surface area contributed by atoms with Crippen molar-refractivity contribution in [3.05, 3.63) is 53.8 Å². The maximum atomic E-state index is 13.3. The Hall–Kier alpha value is -2.34. The molecule has 1 atom stereocenters. The van der Waals surface area contributed by atoms with Gasteiger partial charge in [-0.15, -0.1) is 11.8 Å². The van der Waals surface area contributed by atoms with E-state index in [0.717, 1.165) is 4.90 Å². The Labute approximate surface area is 137 Å². The number of hydrogen-bond donors (Lipinski definition) is 2. The van der Waals surface area contributed by atoms with Crippen molar-refractivity contribution < 1.29 is 14.0 Å². The highest BCUT2D eigenvalue weighted by molar-refractivity contribution is 7.98. The summed E-state index contributed by atoms with van der Waals surface area (Å²) in [6, 6.07) is 11.6. The van der Waals surface area contributed by atoms with Crippen molar-refractivity contribution in [2.45, 2.75) is 17.2 Å². The van der Waals surface area contributed by atoms with Crippen molar-refractivity contribution in [1.82, 2.24) is 0 Å². The van der Waals surface area contributed by atoms with Crippen LogP contribution in [0.4, 0.5) is 15.8 Å². The van der Waals surface area contributed by atoms with Crippen LogP contribution in [0.1, 0.15) is 17.9 Å². The van der Waals surface area contributed by atoms with Crippen LogP contribution in [0.15, 0.2) is 47.4 Å². The monoisotopic (exact) mass is 330 g/mol. The molecule has 0 saturated heterocycles. The molecule has 0 aliphatic carbocycles. The predicted molar refractivity (Wildman–Crippen MR) is 89.2 cm³/mol. The number of anilines is 2. The van der Waals surface area contributed by atoms with Gasteiger partial charge in [0.1, 0.15) is 5.82 Å². The first kappa shape index (κ1) is 15.6. The zero-order valence-corrected chi connectivity index (χ0v) is 13.2. The van der Waals surface area contributed by atoms with E-state index in [4.69, 9.17) is 0 Å². The normalized spacial score (nSPS) is 16.4. The summed E-state index contributed by atoms with van der Waals surface area (Å²) in [5.74, 6) is -1.64. The average molecular weight is 330 g/mol. The molecule has 1 unspecified atom stereocenters. The molecule has 3 rings (SSSR count). The Morgan fingerprint density at radius 2 is 2.09 bits per heavy atom. The molecule has 0 spiro atoms. The van der Waals surface area contributed by atoms with E-state index in [0.29, 0.717) is 16.9 Å². The van der Waals surface area contributed by atoms with Gasteiger partial charge in [-0.05, 0) is 36.1 Å². The van der Waals surface area contributed by atoms with Gasteiger partial charge in [0.15, 0.2) is 0 Å². The fraction of sp³-hybridized carbons (Fsp3) is 0.176. The summed E-state index contributed by atoms with van der Waals surface area (Å²) in [5.41, 5.74) is 1.70. The zero-order chi connectivity index (χ0) is 16.4. The molecule has 0 bridgehead atoms. The second-order valence-electron chi connectivity index (χ2n) is 5.23. The minimum Gasteiger partial charge on any atom is -0.326 e. The first-order chi connectivity index (χ1) is 11.1. The standard InChI is InChI=1S/C17H15FN2O2S/c1-23-15-5-3-2-4-13(15)20-17(22)12-9-16(21)19-14-8-10(18)6-7-11(12)14/h2-8,12H,9H2,1H3,(H,19,21)(H,20,22). The van der Waals surface area contributed by atoms with Crippen LogP contribution in [-0.4, -0.2) is 18.1 Å². The fourth-order valence-corrected chi connectivity index (χ4v) is 3.19. The van der Waals surface area contributed by atoms with Gasteiger partial charge in [-0.1, -0.05) is 18.2 Å². The second-order valence-corrected chi connectivity index (χ2v) is 6.07. The predicted octanol–water partition coefficient (Wildman–Crippen LogP) is 3.61. The number of carbonyl (C=O) groups excluding carboxylic acids is 2. The van der Waals surface area contributed by atoms with Crippen LogP contribution in [0.2, 0.25) is 0 Å². The fourth-order valence-electron chi connectivity index (χ4n) is 2.64. The number of halogens is 1. The molecule has 0 aromatic heterocycles. The topological polar surface area (TPSA) is 58.2 Å². The number of benzene rings is 2. The smallest absolute Gasteiger partial charge is 0.232 e. The van der Waals surface area contributed by atoms with Crippen LogP contribution in [0, 0.1) is 5.82 Å². The summed E-state index contributed by atoms with van der Waals surface area (Å²) >= 11 is 1.53. The molecule has 1 heterocycles. The van der Waals surface area contributed by atoms with Crippen molar-refractivity contribution in [2.75, 3.05) is 16.9 Å². The Kier molecular flexibility index (Phi) is 4.34. The molecular weight excluding hydrogens is 315 g/mol. The Bertz CT molecular complexity index is 779. The van der Waals surface area contributed by atoms with Gasteiger partial charge in [-0.2, -0.15) is 0 Å². The van der Waals surface area contributed by atoms with Crippen molar-refractivity contribution >= 4 is 35.0 Å². The van der Waals surface area contributed by atoms with Gasteiger partial charge in [0, 0.05) is 17.0 Å². The van der Waals surface area contributed by atoms with Gasteiger partial charge in [-0.25, -0.2) is 4.39 Å². The highest BCUT2D eigenvalue weighted by atomic mass is 32.2. The Balaban J connectivity index is 1.90. The number of amides is 2. The average Bonchev–Trinajstić information content (AvgIpc) is 2.54. The zero-order valence-electron chi connectivity index (χ0n) is 12.4. The minimum absolute atomic E-state index is 0.0475. The summed E-state index contributed by atoms with van der Waals surface area (Å²) in [5, 5.41) is 5.48. The molecule has 0 fully saturated rings. The summed E-state index contributed by atoms with van der Waals surface area (Å²) < 4.78 is 13.3. The molecule has 0 radical (unpaired) electrons. The van der Waals surface area contributed by atoms with Gasteiger partial charge in [0.05, 0.1) is 11.6 Å². The van der Waals surface area contributed by atoms with Crippen LogP contribution in [0.3, 0.4) is 0 Å². The lowest BCUT2D eigenvalue weighted by Crippen LogP contribution is -2.31. The molecule has 1 aliphatic heterocycles. The molecule has 23 heavy (non-hydrogen) atoms. The molecule has 6 heteroatoms. The van der Waals surface area contributed by atoms with Crippen LogP contribution in [0.5, 0.6) is 0 Å². The van der Waals surface area contributed by atoms with E-state index < -0.39 is 11.7 Å². The first-order valence-electron chi connectivity index (χ1n) is 7.11. The maximum Gasteiger partial charge on any atom is 0.232 e. The first-order valence-corrected chi connectivity index (χ1v) is 8.34. The van der Waals surface area contributed by atoms with E-state index in [1.165, 1.54) is 23.9 Å². The number of carbonyl (C=O) groups is 2. The number of para-hydroxylation sites is 1. The van der Waals surface area contributed by atoms with Crippen LogP contribution >= 0.6 is 11.8 Å². The third kappa shape index (κ3) is 3.22. The lowest BCUT2D eigenvalue weighted by Gasteiger charge is -2.25. The number of thioether (sulfide) groups is 1. The second kappa shape index (κ2) is 6.42. The highest BCUT2D eigenvalue weighted by Gasteiger charge is 2.31. The highest BCUT2D eigenvalue weighted by Crippen LogP contribution is 2.34. The summed E-state index contributed by atoms with van der Waals surface area (Å²) in [7, 11) is 0. The van der Waals surface area contributed by atoms with Gasteiger partial charge in [0.25, 0.3) is 0 Å². The third-order valence-corrected chi connectivity index (χ3v) is 4.53. The lowest BCUT2D eigenvalue weighted by atomic mass is 9.89. The number of hydrogen-bond acceptors (Lipinski definition) is 3. The van der Waals surface area contributed by atoms with E-state index in [-0.39, 0.29) is 18.2 Å². The van der Waals surface area contributed by atoms with E-state index in [1.54, 1.807) is 6.07 Å². The molecule has 2 aromatic carbocycles. The van der Waals surface area contributed by atoms with Crippen molar-refractivity contribution in [1.29, 1.82) is 0 Å². The molecule has 1 aliphatic rings. The Morgan fingerprint density at radius 1 is 1.30 bits per heavy atom. The molecular formula is C17H15FN2O2S. The largest absolute Gasteiger partial charge is 0.326 e. The van der Waals surface area contributed by atoms with Gasteiger partial charge in [0.2, 0.25) is 11.8 Å². The maximum absolute atomic E-state index is 13.3. The number of fused-ring (bicyclic) bond motifs is 1. The van der Waals surface area contributed by atoms with Crippen LogP contribution in [0.25, 0.3) is 0 Å². The minimum atomic E-state index is -0.630. The molecule has 4 nitrogen and oxygen atoms in total. The van der Waals surface area contributed by atoms with Crippen molar-refractivity contribution in [3.8, 4) is 0 Å². The quantitative estimate of drug-likeness (QED) is 0.845. The van der Waals surface area contributed by atoms with Gasteiger partial charge < -0.3 is 10.6 Å². The number of rotatable bonds is 3. The van der Waals surface area contributed by atoms with Crippen molar-refractivity contribution in [3.63, 3.8) is 0 Å². The van der Waals surface area contributed by atoms with Crippen LogP contribution < -0.4 is 10.6 Å². The third-order valence-electron chi connectivity index (χ3n) is 3.74. The van der Waals surface area contributed by atoms with E-state index in [9.17, 15) is 14.0 Å². The summed E-state index contributed by atoms with van der Waals surface area (Å²) in [6.07, 6.45) is 1.98. The lowest BCUT2D eigenvalue weighted by molar-refractivity contribution is -0.123. The van der Waals surface area contributed by atoms with E-state index in [1.807, 2.05) is 30.5 Å². The molecule has 2 N–H and O–H groups in total. The molecule has 2 aromatic rings. The summed E-state index contributed by atoms with van der Waals surface area (Å²) in [4.78, 5) is 25.4. The molecule has 0 saturated carbocycles. The molecule has 2 amide bonds. The van der Waals surface area contributed by atoms with E-state index >= 15 is 0 Å².